The summed E-state index contributed by atoms with van der Waals surface area (Å²) in [5, 5.41) is 24.2. The Morgan fingerprint density at radius 1 is 1.20 bits per heavy atom. The van der Waals surface area contributed by atoms with Crippen LogP contribution in [0.15, 0.2) is 36.5 Å². The van der Waals surface area contributed by atoms with Crippen LogP contribution in [0.3, 0.4) is 0 Å². The first-order valence-corrected chi connectivity index (χ1v) is 7.81. The number of aliphatic carboxylic acids is 1. The van der Waals surface area contributed by atoms with E-state index in [1.807, 2.05) is 0 Å². The summed E-state index contributed by atoms with van der Waals surface area (Å²) in [7, 11) is 0. The molecule has 1 aromatic heterocycles. The van der Waals surface area contributed by atoms with Crippen molar-refractivity contribution >= 4 is 17.6 Å². The second kappa shape index (κ2) is 6.71. The van der Waals surface area contributed by atoms with Gasteiger partial charge >= 0.3 is 5.97 Å². The molecule has 1 fully saturated rings. The lowest BCUT2D eigenvalue weighted by molar-refractivity contribution is -0.384. The van der Waals surface area contributed by atoms with Gasteiger partial charge in [-0.05, 0) is 37.5 Å². The highest BCUT2D eigenvalue weighted by atomic mass is 16.6. The van der Waals surface area contributed by atoms with Crippen LogP contribution in [0.2, 0.25) is 0 Å². The van der Waals surface area contributed by atoms with Gasteiger partial charge in [-0.3, -0.25) is 14.9 Å². The SMILES string of the molecule is O=C(O)[C@H]1CCCCN1C(=O)c1ccn(-c2ccc([N+](=O)[O-])cc2)n1. The van der Waals surface area contributed by atoms with E-state index in [1.165, 1.54) is 39.9 Å². The van der Waals surface area contributed by atoms with Crippen LogP contribution in [0.5, 0.6) is 0 Å². The van der Waals surface area contributed by atoms with Gasteiger partial charge in [-0.1, -0.05) is 0 Å². The van der Waals surface area contributed by atoms with Crippen molar-refractivity contribution in [2.75, 3.05) is 6.54 Å². The highest BCUT2D eigenvalue weighted by molar-refractivity contribution is 5.95. The average Bonchev–Trinajstić information content (AvgIpc) is 3.11. The van der Waals surface area contributed by atoms with E-state index in [4.69, 9.17) is 0 Å². The number of aromatic nitrogens is 2. The van der Waals surface area contributed by atoms with Crippen LogP contribution in [-0.2, 0) is 4.79 Å². The quantitative estimate of drug-likeness (QED) is 0.668. The number of nitro groups is 1. The van der Waals surface area contributed by atoms with E-state index in [1.54, 1.807) is 6.20 Å². The summed E-state index contributed by atoms with van der Waals surface area (Å²) >= 11 is 0. The molecule has 0 unspecified atom stereocenters. The number of likely N-dealkylation sites (tertiary alicyclic amines) is 1. The topological polar surface area (TPSA) is 119 Å². The van der Waals surface area contributed by atoms with Crippen LogP contribution < -0.4 is 0 Å². The molecule has 3 rings (SSSR count). The van der Waals surface area contributed by atoms with Crippen LogP contribution in [-0.4, -0.2) is 49.2 Å². The molecule has 9 nitrogen and oxygen atoms in total. The first-order chi connectivity index (χ1) is 12.0. The Kier molecular flexibility index (Phi) is 4.46. The number of carboxylic acids is 1. The zero-order valence-electron chi connectivity index (χ0n) is 13.2. The number of carbonyl (C=O) groups is 2. The Morgan fingerprint density at radius 3 is 2.56 bits per heavy atom. The molecule has 0 bridgehead atoms. The Bertz CT molecular complexity index is 814. The molecule has 1 saturated heterocycles. The summed E-state index contributed by atoms with van der Waals surface area (Å²) in [6, 6.07) is 6.44. The largest absolute Gasteiger partial charge is 0.480 e. The molecule has 1 N–H and O–H groups in total. The van der Waals surface area contributed by atoms with Crippen molar-refractivity contribution in [1.82, 2.24) is 14.7 Å². The molecule has 25 heavy (non-hydrogen) atoms. The van der Waals surface area contributed by atoms with Gasteiger partial charge < -0.3 is 10.0 Å². The summed E-state index contributed by atoms with van der Waals surface area (Å²) in [6.45, 7) is 0.389. The third kappa shape index (κ3) is 3.35. The van der Waals surface area contributed by atoms with Gasteiger partial charge in [-0.25, -0.2) is 9.48 Å². The number of benzene rings is 1. The molecule has 9 heteroatoms. The molecule has 0 aliphatic carbocycles. The molecule has 0 spiro atoms. The number of non-ortho nitro benzene ring substituents is 1. The lowest BCUT2D eigenvalue weighted by atomic mass is 10.0. The first-order valence-electron chi connectivity index (χ1n) is 7.81. The summed E-state index contributed by atoms with van der Waals surface area (Å²) in [5.41, 5.74) is 0.675. The minimum absolute atomic E-state index is 0.0372. The molecule has 0 radical (unpaired) electrons. The number of hydrogen-bond donors (Lipinski definition) is 1. The number of carbonyl (C=O) groups excluding carboxylic acids is 1. The van der Waals surface area contributed by atoms with Crippen LogP contribution in [0, 0.1) is 10.1 Å². The zero-order valence-corrected chi connectivity index (χ0v) is 13.2. The number of nitrogens with zero attached hydrogens (tertiary/aromatic N) is 4. The molecule has 2 heterocycles. The lowest BCUT2D eigenvalue weighted by Gasteiger charge is -2.32. The van der Waals surface area contributed by atoms with Gasteiger partial charge in [0.2, 0.25) is 0 Å². The third-order valence-corrected chi connectivity index (χ3v) is 4.18. The smallest absolute Gasteiger partial charge is 0.326 e. The molecule has 1 aromatic carbocycles. The number of hydrogen-bond acceptors (Lipinski definition) is 5. The van der Waals surface area contributed by atoms with Gasteiger partial charge in [-0.2, -0.15) is 5.10 Å². The van der Waals surface area contributed by atoms with E-state index < -0.39 is 22.8 Å². The van der Waals surface area contributed by atoms with Crippen LogP contribution >= 0.6 is 0 Å². The van der Waals surface area contributed by atoms with Crippen molar-refractivity contribution in [1.29, 1.82) is 0 Å². The number of amides is 1. The van der Waals surface area contributed by atoms with Crippen LogP contribution in [0.4, 0.5) is 5.69 Å². The molecular weight excluding hydrogens is 328 g/mol. The highest BCUT2D eigenvalue weighted by Crippen LogP contribution is 2.20. The fourth-order valence-corrected chi connectivity index (χ4v) is 2.89. The minimum Gasteiger partial charge on any atom is -0.480 e. The lowest BCUT2D eigenvalue weighted by Crippen LogP contribution is -2.48. The van der Waals surface area contributed by atoms with Gasteiger partial charge in [0.05, 0.1) is 10.6 Å². The van der Waals surface area contributed by atoms with Crippen molar-refractivity contribution in [3.63, 3.8) is 0 Å². The second-order valence-corrected chi connectivity index (χ2v) is 5.77. The molecule has 1 atom stereocenters. The molecule has 0 saturated carbocycles. The van der Waals surface area contributed by atoms with Crippen molar-refractivity contribution in [3.05, 3.63) is 52.3 Å². The van der Waals surface area contributed by atoms with E-state index in [0.717, 1.165) is 12.8 Å². The fraction of sp³-hybridized carbons (Fsp3) is 0.312. The molecule has 1 aliphatic heterocycles. The van der Waals surface area contributed by atoms with Crippen molar-refractivity contribution in [2.45, 2.75) is 25.3 Å². The van der Waals surface area contributed by atoms with Crippen LogP contribution in [0.1, 0.15) is 29.8 Å². The van der Waals surface area contributed by atoms with Crippen molar-refractivity contribution < 1.29 is 19.6 Å². The molecule has 130 valence electrons. The highest BCUT2D eigenvalue weighted by Gasteiger charge is 2.33. The molecule has 1 aliphatic rings. The predicted octanol–water partition coefficient (Wildman–Crippen LogP) is 1.86. The van der Waals surface area contributed by atoms with Gasteiger partial charge in [0.25, 0.3) is 11.6 Å². The van der Waals surface area contributed by atoms with E-state index in [-0.39, 0.29) is 11.4 Å². The maximum atomic E-state index is 12.6. The predicted molar refractivity (Wildman–Crippen MR) is 86.5 cm³/mol. The first kappa shape index (κ1) is 16.6. The Labute approximate surface area is 142 Å². The monoisotopic (exact) mass is 344 g/mol. The maximum absolute atomic E-state index is 12.6. The van der Waals surface area contributed by atoms with Gasteiger partial charge in [0, 0.05) is 24.9 Å². The number of nitro benzene ring substituents is 1. The third-order valence-electron chi connectivity index (χ3n) is 4.18. The van der Waals surface area contributed by atoms with E-state index in [9.17, 15) is 24.8 Å². The minimum atomic E-state index is -1.01. The zero-order chi connectivity index (χ0) is 18.0. The van der Waals surface area contributed by atoms with Gasteiger partial charge in [0.1, 0.15) is 6.04 Å². The van der Waals surface area contributed by atoms with Gasteiger partial charge in [0.15, 0.2) is 5.69 Å². The maximum Gasteiger partial charge on any atom is 0.326 e. The van der Waals surface area contributed by atoms with E-state index in [0.29, 0.717) is 18.7 Å². The fourth-order valence-electron chi connectivity index (χ4n) is 2.89. The Morgan fingerprint density at radius 2 is 1.92 bits per heavy atom. The van der Waals surface area contributed by atoms with Crippen LogP contribution in [0.25, 0.3) is 5.69 Å². The van der Waals surface area contributed by atoms with Gasteiger partial charge in [-0.15, -0.1) is 0 Å². The summed E-state index contributed by atoms with van der Waals surface area (Å²) in [5.74, 6) is -1.43. The van der Waals surface area contributed by atoms with Crippen molar-refractivity contribution in [3.8, 4) is 5.69 Å². The summed E-state index contributed by atoms with van der Waals surface area (Å²) in [4.78, 5) is 35.5. The molecular formula is C16H16N4O5. The number of carboxylic acid groups (broad SMARTS) is 1. The number of rotatable bonds is 4. The Hall–Kier alpha value is -3.23. The average molecular weight is 344 g/mol. The Balaban J connectivity index is 1.81. The summed E-state index contributed by atoms with van der Waals surface area (Å²) < 4.78 is 1.43. The molecule has 1 amide bonds. The molecule has 2 aromatic rings. The van der Waals surface area contributed by atoms with E-state index in [2.05, 4.69) is 5.10 Å². The van der Waals surface area contributed by atoms with E-state index >= 15 is 0 Å². The van der Waals surface area contributed by atoms with Crippen molar-refractivity contribution in [2.24, 2.45) is 0 Å². The summed E-state index contributed by atoms with van der Waals surface area (Å²) in [6.07, 6.45) is 3.54. The standard InChI is InChI=1S/C16H16N4O5/c21-15(18-9-2-1-3-14(18)16(22)23)13-8-10-19(17-13)11-4-6-12(7-5-11)20(24)25/h4-8,10,14H,1-3,9H2,(H,22,23)/t14-/m1/s1. The second-order valence-electron chi connectivity index (χ2n) is 5.77. The normalized spacial score (nSPS) is 17.3. The number of piperidine rings is 1.